The molecule has 1 aromatic carbocycles. The van der Waals surface area contributed by atoms with Gasteiger partial charge in [-0.25, -0.2) is 0 Å². The van der Waals surface area contributed by atoms with E-state index in [2.05, 4.69) is 21.2 Å². The lowest BCUT2D eigenvalue weighted by Crippen LogP contribution is -2.35. The van der Waals surface area contributed by atoms with Gasteiger partial charge in [0.2, 0.25) is 5.91 Å². The lowest BCUT2D eigenvalue weighted by Gasteiger charge is -2.10. The van der Waals surface area contributed by atoms with E-state index < -0.39 is 0 Å². The molecule has 82 valence electrons. The number of rotatable bonds is 4. The predicted octanol–water partition coefficient (Wildman–Crippen LogP) is 1.49. The molecule has 0 aliphatic rings. The molecule has 0 unspecified atom stereocenters. The quantitative estimate of drug-likeness (QED) is 0.872. The number of hydrogen-bond donors (Lipinski definition) is 2. The fourth-order valence-corrected chi connectivity index (χ4v) is 1.42. The summed E-state index contributed by atoms with van der Waals surface area (Å²) in [5.74, 6) is -0.0705. The van der Waals surface area contributed by atoms with Gasteiger partial charge in [-0.1, -0.05) is 28.1 Å². The number of carbonyl (C=O) groups excluding carboxylic acids is 1. The Morgan fingerprint density at radius 1 is 1.47 bits per heavy atom. The van der Waals surface area contributed by atoms with Crippen LogP contribution in [0.15, 0.2) is 28.7 Å². The van der Waals surface area contributed by atoms with Crippen LogP contribution in [0.2, 0.25) is 0 Å². The van der Waals surface area contributed by atoms with E-state index in [0.717, 1.165) is 10.0 Å². The molecule has 15 heavy (non-hydrogen) atoms. The number of nitrogens with one attached hydrogen (secondary N) is 1. The van der Waals surface area contributed by atoms with Gasteiger partial charge in [-0.05, 0) is 24.6 Å². The van der Waals surface area contributed by atoms with Crippen molar-refractivity contribution >= 4 is 21.8 Å². The molecule has 2 N–H and O–H groups in total. The van der Waals surface area contributed by atoms with Crippen LogP contribution in [0, 0.1) is 0 Å². The fraction of sp³-hybridized carbons (Fsp3) is 0.364. The average Bonchev–Trinajstić information content (AvgIpc) is 2.21. The highest BCUT2D eigenvalue weighted by molar-refractivity contribution is 9.10. The van der Waals surface area contributed by atoms with Crippen molar-refractivity contribution in [2.24, 2.45) is 0 Å². The van der Waals surface area contributed by atoms with E-state index in [-0.39, 0.29) is 18.6 Å². The number of aliphatic hydroxyl groups excluding tert-OH is 1. The first-order chi connectivity index (χ1) is 7.11. The van der Waals surface area contributed by atoms with Crippen LogP contribution in [0.5, 0.6) is 0 Å². The van der Waals surface area contributed by atoms with Crippen molar-refractivity contribution in [1.29, 1.82) is 0 Å². The minimum atomic E-state index is -0.187. The van der Waals surface area contributed by atoms with Gasteiger partial charge in [0.15, 0.2) is 0 Å². The molecule has 0 aromatic heterocycles. The van der Waals surface area contributed by atoms with E-state index in [0.29, 0.717) is 6.42 Å². The predicted molar refractivity (Wildman–Crippen MR) is 62.5 cm³/mol. The van der Waals surface area contributed by atoms with Crippen LogP contribution in [0.3, 0.4) is 0 Å². The molecule has 1 rings (SSSR count). The zero-order chi connectivity index (χ0) is 11.3. The number of hydrogen-bond acceptors (Lipinski definition) is 2. The van der Waals surface area contributed by atoms with E-state index in [1.54, 1.807) is 6.92 Å². The van der Waals surface area contributed by atoms with Gasteiger partial charge in [-0.15, -0.1) is 0 Å². The van der Waals surface area contributed by atoms with Crippen LogP contribution in [0.25, 0.3) is 0 Å². The maximum Gasteiger partial charge on any atom is 0.224 e. The Bertz CT molecular complexity index is 324. The molecule has 3 nitrogen and oxygen atoms in total. The summed E-state index contributed by atoms with van der Waals surface area (Å²) in [6.07, 6.45) is 0.345. The van der Waals surface area contributed by atoms with Crippen molar-refractivity contribution in [3.63, 3.8) is 0 Å². The van der Waals surface area contributed by atoms with Gasteiger partial charge in [0.1, 0.15) is 0 Å². The molecule has 1 aromatic rings. The fourth-order valence-electron chi connectivity index (χ4n) is 1.16. The molecule has 0 spiro atoms. The lowest BCUT2D eigenvalue weighted by molar-refractivity contribution is -0.121. The molecular weight excluding hydrogens is 258 g/mol. The highest BCUT2D eigenvalue weighted by Gasteiger charge is 2.06. The smallest absolute Gasteiger partial charge is 0.224 e. The Labute approximate surface area is 97.6 Å². The van der Waals surface area contributed by atoms with Gasteiger partial charge in [-0.3, -0.25) is 4.79 Å². The molecule has 0 aliphatic carbocycles. The molecule has 0 aliphatic heterocycles. The van der Waals surface area contributed by atoms with E-state index in [1.165, 1.54) is 0 Å². The van der Waals surface area contributed by atoms with Crippen LogP contribution in [0.1, 0.15) is 12.5 Å². The van der Waals surface area contributed by atoms with Crippen molar-refractivity contribution in [1.82, 2.24) is 5.32 Å². The van der Waals surface area contributed by atoms with E-state index in [9.17, 15) is 4.79 Å². The highest BCUT2D eigenvalue weighted by Crippen LogP contribution is 2.10. The van der Waals surface area contributed by atoms with Crippen LogP contribution in [0.4, 0.5) is 0 Å². The van der Waals surface area contributed by atoms with Gasteiger partial charge in [-0.2, -0.15) is 0 Å². The molecule has 1 atom stereocenters. The Morgan fingerprint density at radius 2 is 2.07 bits per heavy atom. The molecule has 0 saturated carbocycles. The standard InChI is InChI=1S/C11H14BrNO2/c1-8(7-14)13-11(15)6-9-2-4-10(12)5-3-9/h2-5,8,14H,6-7H2,1H3,(H,13,15)/t8-/m0/s1. The number of benzene rings is 1. The Morgan fingerprint density at radius 3 is 2.60 bits per heavy atom. The van der Waals surface area contributed by atoms with Crippen molar-refractivity contribution in [3.05, 3.63) is 34.3 Å². The van der Waals surface area contributed by atoms with Crippen LogP contribution >= 0.6 is 15.9 Å². The maximum atomic E-state index is 11.4. The Kier molecular flexibility index (Phi) is 4.78. The largest absolute Gasteiger partial charge is 0.394 e. The summed E-state index contributed by atoms with van der Waals surface area (Å²) in [7, 11) is 0. The SMILES string of the molecule is C[C@@H](CO)NC(=O)Cc1ccc(Br)cc1. The summed E-state index contributed by atoms with van der Waals surface area (Å²) in [6, 6.07) is 7.41. The minimum Gasteiger partial charge on any atom is -0.394 e. The summed E-state index contributed by atoms with van der Waals surface area (Å²) in [5, 5.41) is 11.5. The van der Waals surface area contributed by atoms with Crippen LogP contribution in [-0.4, -0.2) is 23.7 Å². The van der Waals surface area contributed by atoms with Gasteiger partial charge >= 0.3 is 0 Å². The lowest BCUT2D eigenvalue weighted by atomic mass is 10.1. The number of halogens is 1. The second kappa shape index (κ2) is 5.88. The van der Waals surface area contributed by atoms with Gasteiger partial charge in [0.05, 0.1) is 13.0 Å². The van der Waals surface area contributed by atoms with E-state index >= 15 is 0 Å². The van der Waals surface area contributed by atoms with Crippen LogP contribution < -0.4 is 5.32 Å². The maximum absolute atomic E-state index is 11.4. The second-order valence-corrected chi connectivity index (χ2v) is 4.37. The third-order valence-corrected chi connectivity index (χ3v) is 2.49. The molecular formula is C11H14BrNO2. The van der Waals surface area contributed by atoms with Crippen molar-refractivity contribution in [2.45, 2.75) is 19.4 Å². The van der Waals surface area contributed by atoms with Crippen molar-refractivity contribution in [2.75, 3.05) is 6.61 Å². The third kappa shape index (κ3) is 4.44. The highest BCUT2D eigenvalue weighted by atomic mass is 79.9. The zero-order valence-corrected chi connectivity index (χ0v) is 10.1. The molecule has 0 bridgehead atoms. The number of carbonyl (C=O) groups is 1. The molecule has 0 radical (unpaired) electrons. The third-order valence-electron chi connectivity index (χ3n) is 1.96. The van der Waals surface area contributed by atoms with Crippen molar-refractivity contribution < 1.29 is 9.90 Å². The summed E-state index contributed by atoms with van der Waals surface area (Å²) in [4.78, 5) is 11.4. The summed E-state index contributed by atoms with van der Waals surface area (Å²) >= 11 is 3.33. The number of amides is 1. The zero-order valence-electron chi connectivity index (χ0n) is 8.53. The normalized spacial score (nSPS) is 12.2. The van der Waals surface area contributed by atoms with Gasteiger partial charge in [0.25, 0.3) is 0 Å². The first-order valence-corrected chi connectivity index (χ1v) is 5.56. The molecule has 0 fully saturated rings. The van der Waals surface area contributed by atoms with Gasteiger partial charge < -0.3 is 10.4 Å². The Hall–Kier alpha value is -0.870. The number of aliphatic hydroxyl groups is 1. The monoisotopic (exact) mass is 271 g/mol. The van der Waals surface area contributed by atoms with E-state index in [4.69, 9.17) is 5.11 Å². The van der Waals surface area contributed by atoms with Crippen LogP contribution in [-0.2, 0) is 11.2 Å². The first kappa shape index (κ1) is 12.2. The molecule has 0 heterocycles. The minimum absolute atomic E-state index is 0.0356. The Balaban J connectivity index is 2.48. The summed E-state index contributed by atoms with van der Waals surface area (Å²) in [5.41, 5.74) is 0.959. The van der Waals surface area contributed by atoms with Gasteiger partial charge in [0, 0.05) is 10.5 Å². The van der Waals surface area contributed by atoms with Crippen molar-refractivity contribution in [3.8, 4) is 0 Å². The average molecular weight is 272 g/mol. The first-order valence-electron chi connectivity index (χ1n) is 4.76. The molecule has 0 saturated heterocycles. The molecule has 1 amide bonds. The topological polar surface area (TPSA) is 49.3 Å². The molecule has 4 heteroatoms. The second-order valence-electron chi connectivity index (χ2n) is 3.45. The summed E-state index contributed by atoms with van der Waals surface area (Å²) < 4.78 is 0.996. The summed E-state index contributed by atoms with van der Waals surface area (Å²) in [6.45, 7) is 1.73. The van der Waals surface area contributed by atoms with E-state index in [1.807, 2.05) is 24.3 Å².